The van der Waals surface area contributed by atoms with Gasteiger partial charge in [-0.2, -0.15) is 5.10 Å². The lowest BCUT2D eigenvalue weighted by Crippen LogP contribution is -2.50. The number of benzene rings is 2. The number of nitrogens with zero attached hydrogens (tertiary/aromatic N) is 3. The van der Waals surface area contributed by atoms with E-state index >= 15 is 0 Å². The van der Waals surface area contributed by atoms with Crippen molar-refractivity contribution in [1.82, 2.24) is 5.32 Å². The summed E-state index contributed by atoms with van der Waals surface area (Å²) in [5, 5.41) is 12.0. The maximum Gasteiger partial charge on any atom is 0.268 e. The Labute approximate surface area is 183 Å². The summed E-state index contributed by atoms with van der Waals surface area (Å²) in [6.07, 6.45) is 2.68. The molecular formula is C23H20N4O3S. The van der Waals surface area contributed by atoms with E-state index in [4.69, 9.17) is 4.42 Å². The second kappa shape index (κ2) is 8.03. The molecule has 2 aliphatic rings. The minimum atomic E-state index is -0.651. The second-order valence-electron chi connectivity index (χ2n) is 7.56. The van der Waals surface area contributed by atoms with Gasteiger partial charge in [-0.05, 0) is 23.8 Å². The summed E-state index contributed by atoms with van der Waals surface area (Å²) >= 11 is 1.52. The van der Waals surface area contributed by atoms with Gasteiger partial charge in [0.2, 0.25) is 5.91 Å². The maximum atomic E-state index is 13.0. The summed E-state index contributed by atoms with van der Waals surface area (Å²) < 4.78 is 5.48. The maximum absolute atomic E-state index is 13.0. The molecule has 1 N–H and O–H groups in total. The predicted molar refractivity (Wildman–Crippen MR) is 122 cm³/mol. The van der Waals surface area contributed by atoms with Gasteiger partial charge in [-0.25, -0.2) is 0 Å². The van der Waals surface area contributed by atoms with Crippen molar-refractivity contribution in [2.45, 2.75) is 23.8 Å². The van der Waals surface area contributed by atoms with Crippen molar-refractivity contribution in [3.63, 3.8) is 0 Å². The summed E-state index contributed by atoms with van der Waals surface area (Å²) in [5.41, 5.74) is 3.89. The van der Waals surface area contributed by atoms with Gasteiger partial charge in [0.05, 0.1) is 17.7 Å². The normalized spacial score (nSPS) is 18.4. The fourth-order valence-electron chi connectivity index (χ4n) is 3.75. The minimum Gasteiger partial charge on any atom is -0.464 e. The molecule has 2 aromatic carbocycles. The number of amides is 2. The number of rotatable bonds is 4. The second-order valence-corrected chi connectivity index (χ2v) is 8.63. The molecule has 2 aliphatic heterocycles. The zero-order valence-electron chi connectivity index (χ0n) is 16.9. The van der Waals surface area contributed by atoms with Crippen LogP contribution in [-0.4, -0.2) is 42.1 Å². The monoisotopic (exact) mass is 432 g/mol. The molecule has 3 aromatic rings. The molecule has 0 saturated carbocycles. The Kier molecular flexibility index (Phi) is 5.07. The van der Waals surface area contributed by atoms with Gasteiger partial charge in [-0.3, -0.25) is 9.59 Å². The Bertz CT molecular complexity index is 1230. The molecule has 0 bridgehead atoms. The van der Waals surface area contributed by atoms with Gasteiger partial charge in [0.1, 0.15) is 17.3 Å². The van der Waals surface area contributed by atoms with Gasteiger partial charge in [-0.1, -0.05) is 30.3 Å². The van der Waals surface area contributed by atoms with Crippen LogP contribution in [0.5, 0.6) is 0 Å². The first-order valence-electron chi connectivity index (χ1n) is 9.97. The zero-order chi connectivity index (χ0) is 21.4. The highest BCUT2D eigenvalue weighted by Gasteiger charge is 2.32. The third-order valence-electron chi connectivity index (χ3n) is 5.43. The summed E-state index contributed by atoms with van der Waals surface area (Å²) in [6, 6.07) is 15.0. The Hall–Kier alpha value is -3.39. The first kappa shape index (κ1) is 19.6. The van der Waals surface area contributed by atoms with Crippen LogP contribution in [0.25, 0.3) is 11.0 Å². The number of fused-ring (bicyclic) bond motifs is 2. The van der Waals surface area contributed by atoms with Crippen LogP contribution in [0.2, 0.25) is 0 Å². The third kappa shape index (κ3) is 3.86. The molecule has 1 atom stereocenters. The van der Waals surface area contributed by atoms with Crippen molar-refractivity contribution in [3.8, 4) is 0 Å². The molecule has 156 valence electrons. The van der Waals surface area contributed by atoms with E-state index < -0.39 is 6.04 Å². The molecule has 2 amide bonds. The largest absolute Gasteiger partial charge is 0.464 e. The molecule has 0 saturated heterocycles. The first-order valence-corrected chi connectivity index (χ1v) is 11.0. The lowest BCUT2D eigenvalue weighted by molar-refractivity contribution is -0.123. The number of carbonyl (C=O) groups is 2. The Morgan fingerprint density at radius 3 is 2.90 bits per heavy atom. The number of hydrogen-bond acceptors (Lipinski definition) is 6. The van der Waals surface area contributed by atoms with Crippen LogP contribution in [-0.2, 0) is 16.0 Å². The summed E-state index contributed by atoms with van der Waals surface area (Å²) in [4.78, 5) is 28.4. The highest BCUT2D eigenvalue weighted by Crippen LogP contribution is 2.37. The SMILES string of the molecule is CN1C(=O)[C@@H](NC(=O)C2=NN=C(Cc3ccccc3)C2)CSc2cc3occc3cc21. The third-order valence-corrected chi connectivity index (χ3v) is 6.57. The van der Waals surface area contributed by atoms with Gasteiger partial charge in [0, 0.05) is 35.9 Å². The summed E-state index contributed by atoms with van der Waals surface area (Å²) in [7, 11) is 1.73. The van der Waals surface area contributed by atoms with Crippen molar-refractivity contribution < 1.29 is 14.0 Å². The molecule has 8 heteroatoms. The molecule has 0 aliphatic carbocycles. The van der Waals surface area contributed by atoms with Crippen LogP contribution in [0.15, 0.2) is 74.3 Å². The van der Waals surface area contributed by atoms with Crippen molar-refractivity contribution in [1.29, 1.82) is 0 Å². The highest BCUT2D eigenvalue weighted by molar-refractivity contribution is 7.99. The van der Waals surface area contributed by atoms with Crippen LogP contribution >= 0.6 is 11.8 Å². The molecule has 0 fully saturated rings. The molecule has 31 heavy (non-hydrogen) atoms. The van der Waals surface area contributed by atoms with Gasteiger partial charge < -0.3 is 14.6 Å². The van der Waals surface area contributed by atoms with E-state index in [-0.39, 0.29) is 11.8 Å². The van der Waals surface area contributed by atoms with E-state index in [1.165, 1.54) is 11.8 Å². The van der Waals surface area contributed by atoms with Crippen molar-refractivity contribution >= 4 is 51.7 Å². The molecule has 3 heterocycles. The van der Waals surface area contributed by atoms with Crippen LogP contribution in [0.4, 0.5) is 5.69 Å². The van der Waals surface area contributed by atoms with Crippen LogP contribution in [0.3, 0.4) is 0 Å². The number of carbonyl (C=O) groups excluding carboxylic acids is 2. The molecule has 7 nitrogen and oxygen atoms in total. The van der Waals surface area contributed by atoms with E-state index in [2.05, 4.69) is 15.5 Å². The smallest absolute Gasteiger partial charge is 0.268 e. The van der Waals surface area contributed by atoms with Gasteiger partial charge in [-0.15, -0.1) is 16.9 Å². The topological polar surface area (TPSA) is 87.3 Å². The molecule has 5 rings (SSSR count). The van der Waals surface area contributed by atoms with E-state index in [0.717, 1.165) is 32.8 Å². The zero-order valence-corrected chi connectivity index (χ0v) is 17.7. The molecule has 1 aromatic heterocycles. The molecule has 0 spiro atoms. The van der Waals surface area contributed by atoms with Crippen molar-refractivity contribution in [2.24, 2.45) is 10.2 Å². The average Bonchev–Trinajstić information content (AvgIpc) is 3.42. The number of likely N-dealkylation sites (N-methyl/N-ethyl adjacent to an activating group) is 1. The van der Waals surface area contributed by atoms with Crippen molar-refractivity contribution in [3.05, 3.63) is 60.4 Å². The Morgan fingerprint density at radius 2 is 2.06 bits per heavy atom. The predicted octanol–water partition coefficient (Wildman–Crippen LogP) is 3.43. The lowest BCUT2D eigenvalue weighted by atomic mass is 10.0. The Balaban J connectivity index is 1.25. The number of furan rings is 1. The van der Waals surface area contributed by atoms with E-state index in [0.29, 0.717) is 24.3 Å². The quantitative estimate of drug-likeness (QED) is 0.684. The van der Waals surface area contributed by atoms with E-state index in [9.17, 15) is 9.59 Å². The van der Waals surface area contributed by atoms with Gasteiger partial charge in [0.25, 0.3) is 5.91 Å². The van der Waals surface area contributed by atoms with Crippen molar-refractivity contribution in [2.75, 3.05) is 17.7 Å². The van der Waals surface area contributed by atoms with Crippen LogP contribution < -0.4 is 10.2 Å². The van der Waals surface area contributed by atoms with Crippen LogP contribution in [0, 0.1) is 0 Å². The van der Waals surface area contributed by atoms with Gasteiger partial charge in [0.15, 0.2) is 0 Å². The molecule has 0 radical (unpaired) electrons. The van der Waals surface area contributed by atoms with E-state index in [1.807, 2.05) is 48.5 Å². The standard InChI is InChI=1S/C23H20N4O3S/c1-27-19-10-15-7-8-30-20(15)12-21(19)31-13-18(23(27)29)24-22(28)17-11-16(25-26-17)9-14-5-3-2-4-6-14/h2-8,10,12,18H,9,11,13H2,1H3,(H,24,28)/t18-/m0/s1. The number of thioether (sulfide) groups is 1. The van der Waals surface area contributed by atoms with Crippen LogP contribution in [0.1, 0.15) is 12.0 Å². The average molecular weight is 433 g/mol. The highest BCUT2D eigenvalue weighted by atomic mass is 32.2. The summed E-state index contributed by atoms with van der Waals surface area (Å²) in [6.45, 7) is 0. The van der Waals surface area contributed by atoms with E-state index in [1.54, 1.807) is 18.2 Å². The van der Waals surface area contributed by atoms with Gasteiger partial charge >= 0.3 is 0 Å². The first-order chi connectivity index (χ1) is 15.1. The lowest BCUT2D eigenvalue weighted by Gasteiger charge is -2.21. The molecule has 0 unspecified atom stereocenters. The fraction of sp³-hybridized carbons (Fsp3) is 0.217. The molecular weight excluding hydrogens is 412 g/mol. The number of anilines is 1. The Morgan fingerprint density at radius 1 is 1.23 bits per heavy atom. The fourth-order valence-corrected chi connectivity index (χ4v) is 4.85. The summed E-state index contributed by atoms with van der Waals surface area (Å²) in [5.74, 6) is -0.0792. The minimum absolute atomic E-state index is 0.161. The number of nitrogens with one attached hydrogen (secondary N) is 1. The number of hydrogen-bond donors (Lipinski definition) is 1.